The number of methoxy groups -OCH3 is 1. The van der Waals surface area contributed by atoms with Crippen LogP contribution in [0.2, 0.25) is 0 Å². The summed E-state index contributed by atoms with van der Waals surface area (Å²) in [6.45, 7) is 0.301. The van der Waals surface area contributed by atoms with Crippen LogP contribution in [0, 0.1) is 11.8 Å². The van der Waals surface area contributed by atoms with Gasteiger partial charge < -0.3 is 9.84 Å². The highest BCUT2D eigenvalue weighted by atomic mass is 16.5. The van der Waals surface area contributed by atoms with Gasteiger partial charge in [-0.15, -0.1) is 0 Å². The van der Waals surface area contributed by atoms with Crippen molar-refractivity contribution in [3.05, 3.63) is 35.4 Å². The molecule has 0 aliphatic heterocycles. The van der Waals surface area contributed by atoms with E-state index in [-0.39, 0.29) is 5.97 Å². The number of esters is 1. The van der Waals surface area contributed by atoms with E-state index in [2.05, 4.69) is 18.2 Å². The number of aliphatic hydroxyl groups is 1. The zero-order valence-corrected chi connectivity index (χ0v) is 12.2. The van der Waals surface area contributed by atoms with E-state index in [9.17, 15) is 9.90 Å². The second-order valence-electron chi connectivity index (χ2n) is 5.68. The summed E-state index contributed by atoms with van der Waals surface area (Å²) in [6.07, 6.45) is 5.76. The Morgan fingerprint density at radius 1 is 1.25 bits per heavy atom. The lowest BCUT2D eigenvalue weighted by Crippen LogP contribution is -2.15. The number of aliphatic hydroxyl groups excluding tert-OH is 1. The highest BCUT2D eigenvalue weighted by Crippen LogP contribution is 2.34. The quantitative estimate of drug-likeness (QED) is 0.813. The van der Waals surface area contributed by atoms with Gasteiger partial charge in [0, 0.05) is 13.0 Å². The standard InChI is InChI=1S/C17H24O3/c1-20-17(19)10-9-13-5-2-3-6-14(13)11-15-7-4-8-16(15)12-18/h2-3,5-6,15-16,18H,4,7-12H2,1H3/t15-,16+/m0/s1. The summed E-state index contributed by atoms with van der Waals surface area (Å²) in [5.41, 5.74) is 2.56. The molecule has 1 aliphatic carbocycles. The van der Waals surface area contributed by atoms with Crippen LogP contribution in [0.25, 0.3) is 0 Å². The van der Waals surface area contributed by atoms with E-state index in [0.29, 0.717) is 24.9 Å². The van der Waals surface area contributed by atoms with Gasteiger partial charge in [-0.3, -0.25) is 4.79 Å². The zero-order valence-electron chi connectivity index (χ0n) is 12.2. The summed E-state index contributed by atoms with van der Waals surface area (Å²) in [7, 11) is 1.43. The normalized spacial score (nSPS) is 21.9. The number of aryl methyl sites for hydroxylation is 1. The molecule has 0 amide bonds. The van der Waals surface area contributed by atoms with Crippen molar-refractivity contribution in [3.8, 4) is 0 Å². The molecule has 0 saturated heterocycles. The average molecular weight is 276 g/mol. The molecule has 0 heterocycles. The van der Waals surface area contributed by atoms with Crippen LogP contribution >= 0.6 is 0 Å². The molecule has 1 aromatic rings. The zero-order chi connectivity index (χ0) is 14.4. The molecule has 2 rings (SSSR count). The van der Waals surface area contributed by atoms with Gasteiger partial charge in [0.25, 0.3) is 0 Å². The average Bonchev–Trinajstić information content (AvgIpc) is 2.93. The first kappa shape index (κ1) is 15.0. The van der Waals surface area contributed by atoms with E-state index in [0.717, 1.165) is 19.3 Å². The Balaban J connectivity index is 2.02. The minimum atomic E-state index is -0.158. The molecule has 110 valence electrons. The molecule has 2 atom stereocenters. The molecule has 3 nitrogen and oxygen atoms in total. The van der Waals surface area contributed by atoms with Gasteiger partial charge in [0.05, 0.1) is 7.11 Å². The van der Waals surface area contributed by atoms with Crippen LogP contribution in [0.5, 0.6) is 0 Å². The third-order valence-electron chi connectivity index (χ3n) is 4.48. The van der Waals surface area contributed by atoms with Crippen molar-refractivity contribution in [1.29, 1.82) is 0 Å². The van der Waals surface area contributed by atoms with Gasteiger partial charge in [-0.05, 0) is 48.6 Å². The summed E-state index contributed by atoms with van der Waals surface area (Å²) in [4.78, 5) is 11.3. The Bertz CT molecular complexity index is 442. The predicted molar refractivity (Wildman–Crippen MR) is 78.4 cm³/mol. The van der Waals surface area contributed by atoms with Crippen molar-refractivity contribution in [1.82, 2.24) is 0 Å². The Labute approximate surface area is 121 Å². The number of rotatable bonds is 6. The van der Waals surface area contributed by atoms with Crippen LogP contribution in [0.15, 0.2) is 24.3 Å². The minimum absolute atomic E-state index is 0.158. The van der Waals surface area contributed by atoms with Crippen molar-refractivity contribution in [2.24, 2.45) is 11.8 Å². The Morgan fingerprint density at radius 3 is 2.65 bits per heavy atom. The van der Waals surface area contributed by atoms with E-state index in [4.69, 9.17) is 4.74 Å². The molecule has 1 aromatic carbocycles. The lowest BCUT2D eigenvalue weighted by Gasteiger charge is -2.19. The fraction of sp³-hybridized carbons (Fsp3) is 0.588. The molecule has 1 fully saturated rings. The molecule has 0 bridgehead atoms. The first-order valence-electron chi connectivity index (χ1n) is 7.49. The number of benzene rings is 1. The van der Waals surface area contributed by atoms with Crippen molar-refractivity contribution in [3.63, 3.8) is 0 Å². The molecular formula is C17H24O3. The van der Waals surface area contributed by atoms with E-state index >= 15 is 0 Å². The summed E-state index contributed by atoms with van der Waals surface area (Å²) in [6, 6.07) is 8.33. The fourth-order valence-corrected chi connectivity index (χ4v) is 3.24. The number of carbonyl (C=O) groups excluding carboxylic acids is 1. The van der Waals surface area contributed by atoms with Gasteiger partial charge in [-0.1, -0.05) is 30.7 Å². The van der Waals surface area contributed by atoms with Crippen LogP contribution in [-0.2, 0) is 22.4 Å². The molecular weight excluding hydrogens is 252 g/mol. The third-order valence-corrected chi connectivity index (χ3v) is 4.48. The molecule has 0 aromatic heterocycles. The summed E-state index contributed by atoms with van der Waals surface area (Å²) >= 11 is 0. The van der Waals surface area contributed by atoms with Gasteiger partial charge in [-0.25, -0.2) is 0 Å². The van der Waals surface area contributed by atoms with Gasteiger partial charge in [-0.2, -0.15) is 0 Å². The maximum absolute atomic E-state index is 11.3. The van der Waals surface area contributed by atoms with Crippen LogP contribution in [0.4, 0.5) is 0 Å². The number of carbonyl (C=O) groups is 1. The van der Waals surface area contributed by atoms with Crippen molar-refractivity contribution < 1.29 is 14.6 Å². The molecule has 1 N–H and O–H groups in total. The molecule has 3 heteroatoms. The first-order valence-corrected chi connectivity index (χ1v) is 7.49. The Morgan fingerprint density at radius 2 is 1.95 bits per heavy atom. The largest absolute Gasteiger partial charge is 0.469 e. The van der Waals surface area contributed by atoms with Crippen molar-refractivity contribution in [2.45, 2.75) is 38.5 Å². The fourth-order valence-electron chi connectivity index (χ4n) is 3.24. The maximum Gasteiger partial charge on any atom is 0.305 e. The van der Waals surface area contributed by atoms with Gasteiger partial charge in [0.15, 0.2) is 0 Å². The van der Waals surface area contributed by atoms with Crippen LogP contribution in [-0.4, -0.2) is 24.8 Å². The topological polar surface area (TPSA) is 46.5 Å². The third kappa shape index (κ3) is 3.83. The molecule has 0 radical (unpaired) electrons. The highest BCUT2D eigenvalue weighted by Gasteiger charge is 2.27. The Kier molecular flexibility index (Phi) is 5.60. The molecule has 0 unspecified atom stereocenters. The maximum atomic E-state index is 11.3. The van der Waals surface area contributed by atoms with E-state index in [1.165, 1.54) is 31.1 Å². The van der Waals surface area contributed by atoms with Gasteiger partial charge in [0.2, 0.25) is 0 Å². The molecule has 1 aliphatic rings. The van der Waals surface area contributed by atoms with E-state index in [1.54, 1.807) is 0 Å². The highest BCUT2D eigenvalue weighted by molar-refractivity contribution is 5.69. The smallest absolute Gasteiger partial charge is 0.305 e. The summed E-state index contributed by atoms with van der Waals surface area (Å²) in [5, 5.41) is 9.43. The monoisotopic (exact) mass is 276 g/mol. The number of ether oxygens (including phenoxy) is 1. The van der Waals surface area contributed by atoms with Crippen molar-refractivity contribution >= 4 is 5.97 Å². The van der Waals surface area contributed by atoms with Crippen LogP contribution in [0.1, 0.15) is 36.8 Å². The van der Waals surface area contributed by atoms with Crippen LogP contribution in [0.3, 0.4) is 0 Å². The van der Waals surface area contributed by atoms with Crippen molar-refractivity contribution in [2.75, 3.05) is 13.7 Å². The van der Waals surface area contributed by atoms with Gasteiger partial charge in [0.1, 0.15) is 0 Å². The van der Waals surface area contributed by atoms with E-state index < -0.39 is 0 Å². The molecule has 20 heavy (non-hydrogen) atoms. The van der Waals surface area contributed by atoms with Gasteiger partial charge >= 0.3 is 5.97 Å². The Hall–Kier alpha value is -1.35. The molecule has 0 spiro atoms. The number of hydrogen-bond donors (Lipinski definition) is 1. The summed E-state index contributed by atoms with van der Waals surface area (Å²) < 4.78 is 4.71. The second-order valence-corrected chi connectivity index (χ2v) is 5.68. The van der Waals surface area contributed by atoms with Crippen LogP contribution < -0.4 is 0 Å². The first-order chi connectivity index (χ1) is 9.74. The number of hydrogen-bond acceptors (Lipinski definition) is 3. The van der Waals surface area contributed by atoms with E-state index in [1.807, 2.05) is 6.07 Å². The SMILES string of the molecule is COC(=O)CCc1ccccc1C[C@@H]1CCC[C@@H]1CO. The minimum Gasteiger partial charge on any atom is -0.469 e. The molecule has 1 saturated carbocycles. The summed E-state index contributed by atoms with van der Waals surface area (Å²) in [5.74, 6) is 0.872. The lowest BCUT2D eigenvalue weighted by molar-refractivity contribution is -0.140. The second kappa shape index (κ2) is 7.44. The lowest BCUT2D eigenvalue weighted by atomic mass is 9.87. The predicted octanol–water partition coefficient (Wildman–Crippen LogP) is 2.74.